The number of esters is 1. The minimum absolute atomic E-state index is 0.0963. The van der Waals surface area contributed by atoms with E-state index in [0.29, 0.717) is 0 Å². The second-order valence-corrected chi connectivity index (χ2v) is 5.94. The Hall–Kier alpha value is -2.91. The van der Waals surface area contributed by atoms with E-state index in [1.54, 1.807) is 0 Å². The van der Waals surface area contributed by atoms with E-state index in [9.17, 15) is 32.3 Å². The maximum absolute atomic E-state index is 14.2. The number of hydrogen-bond acceptors (Lipinski definition) is 5. The molecular formula is C19H14ClF4NO4. The van der Waals surface area contributed by atoms with Gasteiger partial charge in [-0.3, -0.25) is 4.79 Å². The maximum atomic E-state index is 14.2. The number of halogens is 5. The minimum atomic E-state index is -1.68. The largest absolute Gasteiger partial charge is 0.462 e. The fraction of sp³-hybridized carbons (Fsp3) is 0.158. The number of nitrogens with one attached hydrogen (secondary N) is 1. The first kappa shape index (κ1) is 22.4. The lowest BCUT2D eigenvalue weighted by atomic mass is 10.0. The van der Waals surface area contributed by atoms with Gasteiger partial charge in [0, 0.05) is 17.5 Å². The lowest BCUT2D eigenvalue weighted by molar-refractivity contribution is -0.138. The third kappa shape index (κ3) is 4.93. The predicted octanol–water partition coefficient (Wildman–Crippen LogP) is 4.13. The molecule has 0 spiro atoms. The van der Waals surface area contributed by atoms with Gasteiger partial charge in [0.15, 0.2) is 17.5 Å². The molecule has 0 aromatic heterocycles. The van der Waals surface area contributed by atoms with Crippen molar-refractivity contribution < 1.29 is 37.0 Å². The first-order chi connectivity index (χ1) is 13.7. The summed E-state index contributed by atoms with van der Waals surface area (Å²) in [6.45, 7) is 0.749. The van der Waals surface area contributed by atoms with Crippen molar-refractivity contribution in [2.45, 2.75) is 13.5 Å². The van der Waals surface area contributed by atoms with Crippen LogP contribution in [-0.2, 0) is 16.1 Å². The van der Waals surface area contributed by atoms with E-state index in [2.05, 4.69) is 5.32 Å². The van der Waals surface area contributed by atoms with E-state index < -0.39 is 57.8 Å². The van der Waals surface area contributed by atoms with E-state index >= 15 is 0 Å². The zero-order valence-electron chi connectivity index (χ0n) is 14.9. The van der Waals surface area contributed by atoms with E-state index in [-0.39, 0.29) is 23.9 Å². The van der Waals surface area contributed by atoms with Crippen molar-refractivity contribution in [2.75, 3.05) is 11.9 Å². The van der Waals surface area contributed by atoms with Crippen LogP contribution in [0.2, 0.25) is 5.02 Å². The third-order valence-electron chi connectivity index (χ3n) is 3.70. The number of Topliss-reactive ketones (excluding diaryl/α,β-unsaturated/α-hetero) is 1. The number of hydrogen-bond donors (Lipinski definition) is 2. The Morgan fingerprint density at radius 2 is 1.86 bits per heavy atom. The molecule has 5 nitrogen and oxygen atoms in total. The highest BCUT2D eigenvalue weighted by atomic mass is 35.5. The van der Waals surface area contributed by atoms with Gasteiger partial charge in [-0.15, -0.1) is 0 Å². The van der Waals surface area contributed by atoms with E-state index in [1.165, 1.54) is 13.0 Å². The average molecular weight is 432 g/mol. The molecule has 0 fully saturated rings. The summed E-state index contributed by atoms with van der Waals surface area (Å²) in [6, 6.07) is 3.55. The topological polar surface area (TPSA) is 75.6 Å². The third-order valence-corrected chi connectivity index (χ3v) is 4.03. The molecular weight excluding hydrogens is 418 g/mol. The first-order valence-corrected chi connectivity index (χ1v) is 8.49. The van der Waals surface area contributed by atoms with Crippen LogP contribution in [0.5, 0.6) is 0 Å². The van der Waals surface area contributed by atoms with Crippen molar-refractivity contribution in [3.63, 3.8) is 0 Å². The Morgan fingerprint density at radius 3 is 2.48 bits per heavy atom. The second-order valence-electron chi connectivity index (χ2n) is 5.56. The van der Waals surface area contributed by atoms with Crippen molar-refractivity contribution in [3.8, 4) is 0 Å². The van der Waals surface area contributed by atoms with Gasteiger partial charge in [0.2, 0.25) is 5.78 Å². The molecule has 0 atom stereocenters. The Morgan fingerprint density at radius 1 is 1.17 bits per heavy atom. The van der Waals surface area contributed by atoms with Gasteiger partial charge in [-0.1, -0.05) is 11.6 Å². The van der Waals surface area contributed by atoms with Crippen LogP contribution in [0.25, 0.3) is 0 Å². The van der Waals surface area contributed by atoms with E-state index in [0.717, 1.165) is 18.3 Å². The molecule has 2 N–H and O–H groups in total. The standard InChI is InChI=1S/C19H14ClF4NO4/c1-2-29-19(28)12(7-25-14-4-3-10(21)5-9(14)8-26)18(27)11-6-13(22)17(24)15(20)16(11)23/h3-7,25-26H,2,8H2,1H3. The molecule has 2 rings (SSSR count). The zero-order valence-corrected chi connectivity index (χ0v) is 15.6. The highest BCUT2D eigenvalue weighted by molar-refractivity contribution is 6.32. The quantitative estimate of drug-likeness (QED) is 0.101. The number of ether oxygens (including phenoxy) is 1. The van der Waals surface area contributed by atoms with Gasteiger partial charge in [0.1, 0.15) is 16.4 Å². The summed E-state index contributed by atoms with van der Waals surface area (Å²) >= 11 is 5.35. The summed E-state index contributed by atoms with van der Waals surface area (Å²) in [5.74, 6) is -7.97. The zero-order chi connectivity index (χ0) is 21.7. The average Bonchev–Trinajstić information content (AvgIpc) is 2.70. The van der Waals surface area contributed by atoms with E-state index in [1.807, 2.05) is 0 Å². The monoisotopic (exact) mass is 431 g/mol. The molecule has 29 heavy (non-hydrogen) atoms. The summed E-state index contributed by atoms with van der Waals surface area (Å²) in [5.41, 5.74) is -1.52. The lowest BCUT2D eigenvalue weighted by Crippen LogP contribution is -2.19. The molecule has 0 radical (unpaired) electrons. The van der Waals surface area contributed by atoms with Crippen LogP contribution in [0.4, 0.5) is 23.2 Å². The summed E-state index contributed by atoms with van der Waals surface area (Å²) in [4.78, 5) is 24.8. The Labute approximate surface area is 167 Å². The molecule has 0 amide bonds. The van der Waals surface area contributed by atoms with Crippen LogP contribution in [0.15, 0.2) is 36.0 Å². The summed E-state index contributed by atoms with van der Waals surface area (Å²) < 4.78 is 59.1. The SMILES string of the molecule is CCOC(=O)C(=CNc1ccc(F)cc1CO)C(=O)c1cc(F)c(F)c(Cl)c1F. The molecule has 10 heteroatoms. The highest BCUT2D eigenvalue weighted by Gasteiger charge is 2.28. The summed E-state index contributed by atoms with van der Waals surface area (Å²) in [7, 11) is 0. The van der Waals surface area contributed by atoms with E-state index in [4.69, 9.17) is 16.3 Å². The van der Waals surface area contributed by atoms with Gasteiger partial charge in [-0.25, -0.2) is 22.4 Å². The Bertz CT molecular complexity index is 995. The summed E-state index contributed by atoms with van der Waals surface area (Å²) in [5, 5.41) is 10.5. The number of aliphatic hydroxyl groups is 1. The van der Waals surface area contributed by atoms with Crippen LogP contribution >= 0.6 is 11.6 Å². The number of carbonyl (C=O) groups is 2. The number of carbonyl (C=O) groups excluding carboxylic acids is 2. The van der Waals surface area contributed by atoms with Crippen LogP contribution in [0.1, 0.15) is 22.8 Å². The number of rotatable bonds is 7. The second kappa shape index (κ2) is 9.53. The molecule has 0 aliphatic rings. The number of benzene rings is 2. The lowest BCUT2D eigenvalue weighted by Gasteiger charge is -2.11. The van der Waals surface area contributed by atoms with Crippen molar-refractivity contribution in [2.24, 2.45) is 0 Å². The van der Waals surface area contributed by atoms with Crippen LogP contribution in [0.3, 0.4) is 0 Å². The molecule has 2 aromatic carbocycles. The van der Waals surface area contributed by atoms with Gasteiger partial charge in [-0.2, -0.15) is 0 Å². The van der Waals surface area contributed by atoms with Gasteiger partial charge >= 0.3 is 5.97 Å². The van der Waals surface area contributed by atoms with Gasteiger partial charge < -0.3 is 15.2 Å². The van der Waals surface area contributed by atoms with Gasteiger partial charge in [0.05, 0.1) is 18.8 Å². The number of aliphatic hydroxyl groups excluding tert-OH is 1. The Balaban J connectivity index is 2.50. The molecule has 0 unspecified atom stereocenters. The highest BCUT2D eigenvalue weighted by Crippen LogP contribution is 2.27. The predicted molar refractivity (Wildman–Crippen MR) is 96.3 cm³/mol. The maximum Gasteiger partial charge on any atom is 0.343 e. The van der Waals surface area contributed by atoms with Crippen molar-refractivity contribution in [3.05, 3.63) is 75.5 Å². The van der Waals surface area contributed by atoms with Crippen molar-refractivity contribution in [1.82, 2.24) is 0 Å². The van der Waals surface area contributed by atoms with Crippen molar-refractivity contribution in [1.29, 1.82) is 0 Å². The first-order valence-electron chi connectivity index (χ1n) is 8.12. The molecule has 0 aliphatic heterocycles. The molecule has 0 heterocycles. The van der Waals surface area contributed by atoms with Crippen LogP contribution in [-0.4, -0.2) is 23.5 Å². The van der Waals surface area contributed by atoms with Crippen LogP contribution < -0.4 is 5.32 Å². The number of anilines is 1. The fourth-order valence-corrected chi connectivity index (χ4v) is 2.49. The Kier molecular flexibility index (Phi) is 7.35. The van der Waals surface area contributed by atoms with Crippen LogP contribution in [0, 0.1) is 23.3 Å². The fourth-order valence-electron chi connectivity index (χ4n) is 2.29. The molecule has 154 valence electrons. The molecule has 0 bridgehead atoms. The smallest absolute Gasteiger partial charge is 0.343 e. The normalized spacial score (nSPS) is 11.3. The molecule has 2 aromatic rings. The van der Waals surface area contributed by atoms with Gasteiger partial charge in [0.25, 0.3) is 0 Å². The number of ketones is 1. The molecule has 0 aliphatic carbocycles. The molecule has 0 saturated heterocycles. The van der Waals surface area contributed by atoms with Crippen molar-refractivity contribution >= 4 is 29.0 Å². The summed E-state index contributed by atoms with van der Waals surface area (Å²) in [6.07, 6.45) is 0.821. The molecule has 0 saturated carbocycles. The minimum Gasteiger partial charge on any atom is -0.462 e. The van der Waals surface area contributed by atoms with Gasteiger partial charge in [-0.05, 0) is 31.2 Å².